The molecule has 154 valence electrons. The highest BCUT2D eigenvalue weighted by Crippen LogP contribution is 2.32. The molecule has 1 aliphatic rings. The maximum Gasteiger partial charge on any atom is 0.307 e. The van der Waals surface area contributed by atoms with Crippen LogP contribution >= 0.6 is 0 Å². The Morgan fingerprint density at radius 1 is 1.00 bits per heavy atom. The number of sulfone groups is 1. The Morgan fingerprint density at radius 3 is 2.48 bits per heavy atom. The van der Waals surface area contributed by atoms with E-state index in [9.17, 15) is 18.0 Å². The molecule has 0 amide bonds. The minimum atomic E-state index is -3.71. The molecule has 0 saturated heterocycles. The molecule has 0 saturated carbocycles. The third kappa shape index (κ3) is 5.14. The van der Waals surface area contributed by atoms with E-state index in [1.165, 1.54) is 18.2 Å². The molecule has 8 heteroatoms. The molecule has 7 nitrogen and oxygen atoms in total. The van der Waals surface area contributed by atoms with Gasteiger partial charge in [0.2, 0.25) is 5.78 Å². The molecule has 0 spiro atoms. The van der Waals surface area contributed by atoms with Crippen LogP contribution in [0.15, 0.2) is 41.3 Å². The quantitative estimate of drug-likeness (QED) is 0.504. The van der Waals surface area contributed by atoms with Crippen LogP contribution in [0, 0.1) is 13.8 Å². The van der Waals surface area contributed by atoms with Crippen LogP contribution in [-0.4, -0.2) is 45.7 Å². The molecule has 0 aromatic heterocycles. The largest absolute Gasteiger partial charge is 0.486 e. The van der Waals surface area contributed by atoms with Crippen molar-refractivity contribution in [1.29, 1.82) is 0 Å². The highest BCUT2D eigenvalue weighted by Gasteiger charge is 2.21. The fourth-order valence-corrected chi connectivity index (χ4v) is 4.12. The van der Waals surface area contributed by atoms with E-state index in [1.807, 2.05) is 19.1 Å². The van der Waals surface area contributed by atoms with Crippen LogP contribution in [0.25, 0.3) is 0 Å². The number of benzene rings is 2. The number of carbonyl (C=O) groups excluding carboxylic acids is 2. The molecule has 1 aliphatic heterocycles. The maximum absolute atomic E-state index is 12.5. The molecule has 0 fully saturated rings. The summed E-state index contributed by atoms with van der Waals surface area (Å²) < 4.78 is 40.7. The summed E-state index contributed by atoms with van der Waals surface area (Å²) in [5.74, 6) is -0.652. The van der Waals surface area contributed by atoms with Gasteiger partial charge in [-0.2, -0.15) is 0 Å². The minimum absolute atomic E-state index is 0.0426. The molecule has 0 N–H and O–H groups in total. The molecule has 3 rings (SSSR count). The van der Waals surface area contributed by atoms with Crippen molar-refractivity contribution in [3.63, 3.8) is 0 Å². The van der Waals surface area contributed by atoms with Gasteiger partial charge in [0.25, 0.3) is 0 Å². The van der Waals surface area contributed by atoms with Gasteiger partial charge in [0.05, 0.1) is 17.1 Å². The Kier molecular flexibility index (Phi) is 6.22. The summed E-state index contributed by atoms with van der Waals surface area (Å²) in [5.41, 5.74) is 2.20. The molecule has 29 heavy (non-hydrogen) atoms. The SMILES string of the molecule is Cc1ccc(C)c(C(=O)COC(=O)CCS(=O)(=O)c2ccc3c(c2)OCCO3)c1. The second kappa shape index (κ2) is 8.65. The Balaban J connectivity index is 1.56. The third-order valence-electron chi connectivity index (χ3n) is 4.51. The standard InChI is InChI=1S/C21H22O7S/c1-14-3-4-15(2)17(11-14)18(22)13-28-21(23)7-10-29(24,25)16-5-6-19-20(12-16)27-9-8-26-19/h3-6,11-12H,7-10,13H2,1-2H3. The third-order valence-corrected chi connectivity index (χ3v) is 6.22. The van der Waals surface area contributed by atoms with Crippen molar-refractivity contribution >= 4 is 21.6 Å². The number of hydrogen-bond acceptors (Lipinski definition) is 7. The Morgan fingerprint density at radius 2 is 1.72 bits per heavy atom. The van der Waals surface area contributed by atoms with E-state index in [0.717, 1.165) is 11.1 Å². The van der Waals surface area contributed by atoms with Gasteiger partial charge in [0.15, 0.2) is 27.9 Å². The van der Waals surface area contributed by atoms with Gasteiger partial charge in [-0.3, -0.25) is 9.59 Å². The molecule has 0 bridgehead atoms. The van der Waals surface area contributed by atoms with Gasteiger partial charge >= 0.3 is 5.97 Å². The molecule has 0 atom stereocenters. The van der Waals surface area contributed by atoms with Crippen molar-refractivity contribution in [3.05, 3.63) is 53.1 Å². The van der Waals surface area contributed by atoms with Gasteiger partial charge in [0, 0.05) is 11.6 Å². The van der Waals surface area contributed by atoms with Gasteiger partial charge in [-0.1, -0.05) is 17.7 Å². The van der Waals surface area contributed by atoms with Crippen LogP contribution in [0.1, 0.15) is 27.9 Å². The number of ketones is 1. The lowest BCUT2D eigenvalue weighted by atomic mass is 10.0. The van der Waals surface area contributed by atoms with Crippen LogP contribution in [0.3, 0.4) is 0 Å². The second-order valence-corrected chi connectivity index (χ2v) is 8.89. The zero-order valence-electron chi connectivity index (χ0n) is 16.3. The molecule has 1 heterocycles. The van der Waals surface area contributed by atoms with Crippen molar-refractivity contribution < 1.29 is 32.2 Å². The zero-order chi connectivity index (χ0) is 21.0. The van der Waals surface area contributed by atoms with Crippen LogP contribution in [0.4, 0.5) is 0 Å². The first-order chi connectivity index (χ1) is 13.8. The molecular weight excluding hydrogens is 396 g/mol. The van der Waals surface area contributed by atoms with E-state index in [-0.39, 0.29) is 17.1 Å². The van der Waals surface area contributed by atoms with E-state index in [2.05, 4.69) is 0 Å². The summed E-state index contributed by atoms with van der Waals surface area (Å²) in [7, 11) is -3.71. The number of esters is 1. The molecule has 0 aliphatic carbocycles. The minimum Gasteiger partial charge on any atom is -0.486 e. The number of Topliss-reactive ketones (excluding diaryl/α,β-unsaturated/α-hetero) is 1. The van der Waals surface area contributed by atoms with Crippen molar-refractivity contribution in [3.8, 4) is 11.5 Å². The van der Waals surface area contributed by atoms with Gasteiger partial charge in [-0.05, 0) is 37.6 Å². The lowest BCUT2D eigenvalue weighted by Crippen LogP contribution is -2.19. The molecule has 0 radical (unpaired) electrons. The lowest BCUT2D eigenvalue weighted by Gasteiger charge is -2.18. The molecular formula is C21H22O7S. The van der Waals surface area contributed by atoms with Gasteiger partial charge < -0.3 is 14.2 Å². The van der Waals surface area contributed by atoms with Crippen molar-refractivity contribution in [2.45, 2.75) is 25.2 Å². The van der Waals surface area contributed by atoms with Crippen LogP contribution in [0.2, 0.25) is 0 Å². The van der Waals surface area contributed by atoms with E-state index >= 15 is 0 Å². The monoisotopic (exact) mass is 418 g/mol. The second-order valence-electron chi connectivity index (χ2n) is 6.78. The normalized spacial score (nSPS) is 13.0. The average molecular weight is 418 g/mol. The van der Waals surface area contributed by atoms with E-state index in [1.54, 1.807) is 13.0 Å². The topological polar surface area (TPSA) is 96.0 Å². The van der Waals surface area contributed by atoms with Crippen molar-refractivity contribution in [2.75, 3.05) is 25.6 Å². The van der Waals surface area contributed by atoms with Gasteiger partial charge in [-0.25, -0.2) is 8.42 Å². The number of carbonyl (C=O) groups is 2. The lowest BCUT2D eigenvalue weighted by molar-refractivity contribution is -0.142. The molecule has 2 aromatic rings. The van der Waals surface area contributed by atoms with Crippen molar-refractivity contribution in [1.82, 2.24) is 0 Å². The number of fused-ring (bicyclic) bond motifs is 1. The van der Waals surface area contributed by atoms with Crippen LogP contribution in [0.5, 0.6) is 11.5 Å². The van der Waals surface area contributed by atoms with E-state index in [0.29, 0.717) is 30.3 Å². The number of rotatable bonds is 7. The highest BCUT2D eigenvalue weighted by atomic mass is 32.2. The molecule has 0 unspecified atom stereocenters. The summed E-state index contributed by atoms with van der Waals surface area (Å²) in [6, 6.07) is 9.78. The summed E-state index contributed by atoms with van der Waals surface area (Å²) in [6.07, 6.45) is -0.350. The smallest absolute Gasteiger partial charge is 0.307 e. The summed E-state index contributed by atoms with van der Waals surface area (Å²) in [5, 5.41) is 0. The van der Waals surface area contributed by atoms with Crippen LogP contribution in [-0.2, 0) is 19.4 Å². The predicted octanol–water partition coefficient (Wildman–Crippen LogP) is 2.66. The van der Waals surface area contributed by atoms with E-state index < -0.39 is 28.2 Å². The summed E-state index contributed by atoms with van der Waals surface area (Å²) >= 11 is 0. The summed E-state index contributed by atoms with van der Waals surface area (Å²) in [4.78, 5) is 24.3. The van der Waals surface area contributed by atoms with Gasteiger partial charge in [0.1, 0.15) is 13.2 Å². The van der Waals surface area contributed by atoms with E-state index in [4.69, 9.17) is 14.2 Å². The number of ether oxygens (including phenoxy) is 3. The fraction of sp³-hybridized carbons (Fsp3) is 0.333. The highest BCUT2D eigenvalue weighted by molar-refractivity contribution is 7.91. The Labute approximate surface area is 169 Å². The first-order valence-corrected chi connectivity index (χ1v) is 10.8. The zero-order valence-corrected chi connectivity index (χ0v) is 17.1. The fourth-order valence-electron chi connectivity index (χ4n) is 2.88. The number of aryl methyl sites for hydroxylation is 2. The molecule has 2 aromatic carbocycles. The average Bonchev–Trinajstić information content (AvgIpc) is 2.72. The first kappa shape index (κ1) is 20.9. The first-order valence-electron chi connectivity index (χ1n) is 9.15. The predicted molar refractivity (Wildman–Crippen MR) is 105 cm³/mol. The summed E-state index contributed by atoms with van der Waals surface area (Å²) in [6.45, 7) is 4.00. The van der Waals surface area contributed by atoms with Crippen molar-refractivity contribution in [2.24, 2.45) is 0 Å². The Bertz CT molecular complexity index is 1040. The van der Waals surface area contributed by atoms with Crippen LogP contribution < -0.4 is 9.47 Å². The van der Waals surface area contributed by atoms with Gasteiger partial charge in [-0.15, -0.1) is 0 Å². The maximum atomic E-state index is 12.5. The number of hydrogen-bond donors (Lipinski definition) is 0. The Hall–Kier alpha value is -2.87.